The van der Waals surface area contributed by atoms with Crippen molar-refractivity contribution < 1.29 is 82.4 Å². The molecule has 0 spiro atoms. The molecular formula is C82H122N14O17. The first-order valence-corrected chi connectivity index (χ1v) is 39.5. The van der Waals surface area contributed by atoms with Gasteiger partial charge in [0.25, 0.3) is 0 Å². The average Bonchev–Trinajstić information content (AvgIpc) is 1.71. The van der Waals surface area contributed by atoms with Gasteiger partial charge >= 0.3 is 17.9 Å². The maximum Gasteiger partial charge on any atom is 0.317 e. The predicted octanol–water partition coefficient (Wildman–Crippen LogP) is 3.76. The maximum absolute atomic E-state index is 14.9. The van der Waals surface area contributed by atoms with Crippen molar-refractivity contribution in [1.82, 2.24) is 65.6 Å². The number of hydrogen-bond acceptors (Lipinski definition) is 21. The summed E-state index contributed by atoms with van der Waals surface area (Å²) in [5, 5.41) is 41.1. The van der Waals surface area contributed by atoms with Crippen molar-refractivity contribution in [2.75, 3.05) is 111 Å². The molecule has 622 valence electrons. The predicted molar refractivity (Wildman–Crippen MR) is 424 cm³/mol. The first-order valence-electron chi connectivity index (χ1n) is 39.5. The summed E-state index contributed by atoms with van der Waals surface area (Å²) in [5.74, 6) is -10.7. The van der Waals surface area contributed by atoms with Crippen LogP contribution in [-0.4, -0.2) is 283 Å². The zero-order valence-corrected chi connectivity index (χ0v) is 65.9. The Labute approximate surface area is 662 Å². The number of ketones is 6. The number of primary amides is 1. The number of nitrogens with zero attached hydrogens (tertiary/aromatic N) is 7. The van der Waals surface area contributed by atoms with Gasteiger partial charge in [0.15, 0.2) is 23.1 Å². The number of Topliss-reactive ketones (excluding diaryl/α,β-unsaturated/α-hetero) is 6. The topological polar surface area (TPSA) is 438 Å². The maximum atomic E-state index is 14.9. The number of piperidine rings is 1. The number of amides is 5. The van der Waals surface area contributed by atoms with Crippen molar-refractivity contribution in [2.24, 2.45) is 41.2 Å². The molecule has 5 heterocycles. The molecule has 31 nitrogen and oxygen atoms in total. The van der Waals surface area contributed by atoms with E-state index in [1.54, 1.807) is 78.2 Å². The van der Waals surface area contributed by atoms with Crippen molar-refractivity contribution >= 4 is 93.0 Å². The molecule has 3 fully saturated rings. The number of H-pyrrole nitrogens is 2. The molecule has 8 atom stereocenters. The molecule has 3 saturated heterocycles. The Hall–Kier alpha value is -9.27. The Morgan fingerprint density at radius 1 is 0.558 bits per heavy atom. The molecule has 0 aliphatic carbocycles. The Bertz CT molecular complexity index is 3790. The molecular weight excluding hydrogens is 1450 g/mol. The first kappa shape index (κ1) is 92.6. The zero-order valence-electron chi connectivity index (χ0n) is 65.9. The summed E-state index contributed by atoms with van der Waals surface area (Å²) in [6, 6.07) is 11.6. The number of aromatic nitrogens is 3. The van der Waals surface area contributed by atoms with E-state index in [1.165, 1.54) is 13.3 Å². The van der Waals surface area contributed by atoms with Crippen LogP contribution < -0.4 is 27.0 Å². The van der Waals surface area contributed by atoms with Crippen molar-refractivity contribution in [3.05, 3.63) is 90.1 Å². The molecule has 11 N–H and O–H groups in total. The highest BCUT2D eigenvalue weighted by Crippen LogP contribution is 2.28. The van der Waals surface area contributed by atoms with Gasteiger partial charge in [-0.2, -0.15) is 0 Å². The minimum absolute atomic E-state index is 0. The van der Waals surface area contributed by atoms with Crippen molar-refractivity contribution in [1.29, 1.82) is 0 Å². The summed E-state index contributed by atoms with van der Waals surface area (Å²) in [5.41, 5.74) is 8.40. The molecule has 2 aromatic carbocycles. The van der Waals surface area contributed by atoms with Gasteiger partial charge in [-0.25, -0.2) is 4.98 Å². The van der Waals surface area contributed by atoms with Crippen LogP contribution in [0.4, 0.5) is 0 Å². The number of carbonyl (C=O) groups excluding carboxylic acids is 11. The van der Waals surface area contributed by atoms with E-state index in [0.717, 1.165) is 36.7 Å². The number of fused-ring (bicyclic) bond motifs is 1. The van der Waals surface area contributed by atoms with Crippen LogP contribution >= 0.6 is 0 Å². The Morgan fingerprint density at radius 2 is 1.11 bits per heavy atom. The number of hydrogen-bond donors (Lipinski definition) is 10. The number of nitrogens with two attached hydrogens (primary N) is 1. The van der Waals surface area contributed by atoms with Gasteiger partial charge in [0.2, 0.25) is 29.5 Å². The van der Waals surface area contributed by atoms with Crippen LogP contribution in [0.3, 0.4) is 0 Å². The highest BCUT2D eigenvalue weighted by Gasteiger charge is 2.37. The number of aromatic amines is 2. The molecule has 0 radical (unpaired) electrons. The van der Waals surface area contributed by atoms with Gasteiger partial charge < -0.3 is 52.3 Å². The largest absolute Gasteiger partial charge is 0.480 e. The highest BCUT2D eigenvalue weighted by molar-refractivity contribution is 5.98. The number of benzene rings is 2. The van der Waals surface area contributed by atoms with E-state index in [1.807, 2.05) is 34.1 Å². The van der Waals surface area contributed by atoms with Crippen molar-refractivity contribution in [2.45, 2.75) is 182 Å². The monoisotopic (exact) mass is 1570 g/mol. The summed E-state index contributed by atoms with van der Waals surface area (Å²) < 4.78 is 0. The van der Waals surface area contributed by atoms with Crippen LogP contribution in [0, 0.1) is 35.5 Å². The van der Waals surface area contributed by atoms with E-state index in [-0.39, 0.29) is 178 Å². The minimum atomic E-state index is -1.29. The molecule has 3 aliphatic heterocycles. The lowest BCUT2D eigenvalue weighted by Gasteiger charge is -2.33. The summed E-state index contributed by atoms with van der Waals surface area (Å²) >= 11 is 0. The van der Waals surface area contributed by atoms with Crippen LogP contribution in [0.5, 0.6) is 0 Å². The summed E-state index contributed by atoms with van der Waals surface area (Å²) in [6.45, 7) is 14.1. The second-order valence-corrected chi connectivity index (χ2v) is 31.7. The normalized spacial score (nSPS) is 18.1. The van der Waals surface area contributed by atoms with Gasteiger partial charge in [0, 0.05) is 158 Å². The van der Waals surface area contributed by atoms with Gasteiger partial charge in [-0.3, -0.25) is 96.5 Å². The molecule has 2 aromatic heterocycles. The number of carboxylic acids is 3. The highest BCUT2D eigenvalue weighted by atomic mass is 16.4. The SMILES string of the molecule is C.CC(=O)[C@@H]1CCCN1C[C@@H](CC(=O)[C@H](Cc1cnc[nH]1)NC(=O)CCC(=O)[C@@H](NC(=O)[C@H](C)CC(=O)[C@H](Cc1c[nH]c2ccccc12)NC(=O)[C@H](CCC(N)=O)CC(=O)[C@@H](Cc1ccccc1)NC(=O)CN1CCC(CC(=O)CN2CCN(CC(=O)O)CCN(CC(=O)O)CCN(CC(=O)O)CC2)CC1)C(C)C)CC(C)C. The van der Waals surface area contributed by atoms with E-state index in [9.17, 15) is 82.4 Å². The molecule has 4 aromatic rings. The van der Waals surface area contributed by atoms with Gasteiger partial charge in [-0.05, 0) is 112 Å². The smallest absolute Gasteiger partial charge is 0.317 e. The summed E-state index contributed by atoms with van der Waals surface area (Å²) in [6.07, 6.45) is 6.80. The van der Waals surface area contributed by atoms with Gasteiger partial charge in [-0.1, -0.05) is 90.6 Å². The van der Waals surface area contributed by atoms with Crippen LogP contribution in [0.2, 0.25) is 0 Å². The Kier molecular flexibility index (Phi) is 38.3. The number of rotatable bonds is 46. The molecule has 31 heteroatoms. The zero-order chi connectivity index (χ0) is 81.6. The number of carbonyl (C=O) groups is 14. The number of para-hydroxylation sites is 1. The summed E-state index contributed by atoms with van der Waals surface area (Å²) in [4.78, 5) is 210. The third-order valence-corrected chi connectivity index (χ3v) is 21.6. The molecule has 0 saturated carbocycles. The van der Waals surface area contributed by atoms with Crippen molar-refractivity contribution in [3.63, 3.8) is 0 Å². The average molecular weight is 1580 g/mol. The molecule has 0 unspecified atom stereocenters. The standard InChI is InChI=1S/C81H118N14O17.CH4/c1-52(2)35-58(45-95-24-12-17-68(95)55(6)96)39-71(100)67(42-61-44-83-51-85-61)86-74(103)21-19-69(98)79(53(3)4)89-80(111)54(5)36-70(99)66(40-60-43-84-64-16-11-10-15-63(60)64)88-81(112)59(18-20-73(82)102)41-72(101)65(38-56-13-8-7-9-14-56)87-75(104)47-90-25-22-57(23-26-90)37-62(97)46-91-27-29-92(48-76(105)106)31-33-94(50-78(109)110)34-32-93(30-28-91)49-77(107)108;/h7-11,13-16,43-44,51-54,57-59,65-68,79,84H,12,17-42,45-50H2,1-6H3,(H2,82,102)(H,83,85)(H,86,103)(H,87,104)(H,88,112)(H,89,111)(H,105,106)(H,107,108)(H,109,110);1H4/t54-,58-,59-,65-,66+,67+,68+,79+;/m1./s1. The molecule has 5 amide bonds. The molecule has 113 heavy (non-hydrogen) atoms. The quantitative estimate of drug-likeness (QED) is 0.0301. The minimum Gasteiger partial charge on any atom is -0.480 e. The van der Waals surface area contributed by atoms with E-state index in [0.29, 0.717) is 62.4 Å². The number of carboxylic acid groups (broad SMARTS) is 3. The van der Waals surface area contributed by atoms with Crippen LogP contribution in [0.1, 0.15) is 149 Å². The van der Waals surface area contributed by atoms with Crippen LogP contribution in [-0.2, 0) is 86.4 Å². The van der Waals surface area contributed by atoms with Crippen molar-refractivity contribution in [3.8, 4) is 0 Å². The number of imidazole rings is 1. The van der Waals surface area contributed by atoms with E-state index in [4.69, 9.17) is 5.73 Å². The third kappa shape index (κ3) is 32.3. The second-order valence-electron chi connectivity index (χ2n) is 31.7. The molecule has 0 bridgehead atoms. The van der Waals surface area contributed by atoms with E-state index in [2.05, 4.69) is 55.0 Å². The number of aliphatic carboxylic acids is 3. The molecule has 7 rings (SSSR count). The fraction of sp³-hybridized carbons (Fsp3) is 0.622. The lowest BCUT2D eigenvalue weighted by atomic mass is 9.88. The fourth-order valence-electron chi connectivity index (χ4n) is 15.5. The van der Waals surface area contributed by atoms with Crippen LogP contribution in [0.15, 0.2) is 73.3 Å². The first-order chi connectivity index (χ1) is 53.3. The fourth-order valence-corrected chi connectivity index (χ4v) is 15.5. The van der Waals surface area contributed by atoms with Gasteiger partial charge in [0.1, 0.15) is 11.6 Å². The van der Waals surface area contributed by atoms with E-state index >= 15 is 0 Å². The lowest BCUT2D eigenvalue weighted by molar-refractivity contribution is -0.140. The number of likely N-dealkylation sites (tertiary alicyclic amines) is 2. The summed E-state index contributed by atoms with van der Waals surface area (Å²) in [7, 11) is 0. The van der Waals surface area contributed by atoms with E-state index < -0.39 is 120 Å². The van der Waals surface area contributed by atoms with Gasteiger partial charge in [0.05, 0.1) is 69.3 Å². The van der Waals surface area contributed by atoms with Crippen LogP contribution in [0.25, 0.3) is 10.9 Å². The third-order valence-electron chi connectivity index (χ3n) is 21.6. The molecule has 3 aliphatic rings. The lowest BCUT2D eigenvalue weighted by Crippen LogP contribution is -2.50. The van der Waals surface area contributed by atoms with Gasteiger partial charge in [-0.15, -0.1) is 0 Å². The Morgan fingerprint density at radius 3 is 1.67 bits per heavy atom. The second kappa shape index (κ2) is 46.8. The Balaban J connectivity index is 0.0000199. The number of nitrogens with one attached hydrogen (secondary N) is 6.